The summed E-state index contributed by atoms with van der Waals surface area (Å²) in [5.74, 6) is 0. The number of nitrogens with zero attached hydrogens (tertiary/aromatic N) is 1. The van der Waals surface area contributed by atoms with Gasteiger partial charge in [-0.3, -0.25) is 0 Å². The molecule has 0 spiro atoms. The predicted molar refractivity (Wildman–Crippen MR) is 83.8 cm³/mol. The van der Waals surface area contributed by atoms with Crippen molar-refractivity contribution < 1.29 is 0 Å². The summed E-state index contributed by atoms with van der Waals surface area (Å²) in [5, 5.41) is 3.61. The van der Waals surface area contributed by atoms with Crippen molar-refractivity contribution in [3.63, 3.8) is 0 Å². The van der Waals surface area contributed by atoms with E-state index in [2.05, 4.69) is 48.3 Å². The fourth-order valence-electron chi connectivity index (χ4n) is 3.05. The molecular formula is C17H28N2. The molecule has 1 aromatic carbocycles. The Morgan fingerprint density at radius 3 is 2.79 bits per heavy atom. The van der Waals surface area contributed by atoms with Crippen LogP contribution in [0.1, 0.15) is 57.6 Å². The van der Waals surface area contributed by atoms with E-state index >= 15 is 0 Å². The van der Waals surface area contributed by atoms with Crippen LogP contribution in [0.4, 0.5) is 5.69 Å². The Labute approximate surface area is 118 Å². The van der Waals surface area contributed by atoms with Gasteiger partial charge in [0.25, 0.3) is 0 Å². The molecule has 0 bridgehead atoms. The summed E-state index contributed by atoms with van der Waals surface area (Å²) in [6.07, 6.45) is 6.62. The molecule has 0 saturated heterocycles. The summed E-state index contributed by atoms with van der Waals surface area (Å²) < 4.78 is 0. The van der Waals surface area contributed by atoms with Crippen LogP contribution in [0.5, 0.6) is 0 Å². The highest BCUT2D eigenvalue weighted by atomic mass is 15.1. The molecule has 0 saturated carbocycles. The van der Waals surface area contributed by atoms with Crippen molar-refractivity contribution in [3.8, 4) is 0 Å². The van der Waals surface area contributed by atoms with Gasteiger partial charge in [-0.1, -0.05) is 51.3 Å². The Bertz CT molecular complexity index is 375. The van der Waals surface area contributed by atoms with Crippen molar-refractivity contribution >= 4 is 5.69 Å². The average molecular weight is 260 g/mol. The molecule has 0 amide bonds. The molecule has 1 aromatic rings. The first-order valence-corrected chi connectivity index (χ1v) is 7.94. The number of fused-ring (bicyclic) bond motifs is 1. The zero-order chi connectivity index (χ0) is 13.5. The van der Waals surface area contributed by atoms with Crippen LogP contribution in [0.25, 0.3) is 0 Å². The number of hydrogen-bond donors (Lipinski definition) is 1. The lowest BCUT2D eigenvalue weighted by molar-refractivity contribution is 0.485. The Morgan fingerprint density at radius 1 is 1.16 bits per heavy atom. The first-order chi connectivity index (χ1) is 9.36. The van der Waals surface area contributed by atoms with Crippen LogP contribution in [0, 0.1) is 0 Å². The van der Waals surface area contributed by atoms with Crippen molar-refractivity contribution in [1.29, 1.82) is 0 Å². The predicted octanol–water partition coefficient (Wildman–Crippen LogP) is 4.13. The largest absolute Gasteiger partial charge is 0.371 e. The molecule has 0 aliphatic carbocycles. The van der Waals surface area contributed by atoms with Gasteiger partial charge in [-0.05, 0) is 31.0 Å². The molecule has 1 aliphatic heterocycles. The number of rotatable bonds is 7. The lowest BCUT2D eigenvalue weighted by atomic mass is 9.96. The summed E-state index contributed by atoms with van der Waals surface area (Å²) >= 11 is 0. The van der Waals surface area contributed by atoms with Crippen molar-refractivity contribution in [2.75, 3.05) is 24.5 Å². The molecule has 19 heavy (non-hydrogen) atoms. The summed E-state index contributed by atoms with van der Waals surface area (Å²) in [5.41, 5.74) is 2.95. The summed E-state index contributed by atoms with van der Waals surface area (Å²) in [7, 11) is 0. The minimum Gasteiger partial charge on any atom is -0.371 e. The molecular weight excluding hydrogens is 232 g/mol. The highest BCUT2D eigenvalue weighted by molar-refractivity contribution is 5.56. The number of anilines is 1. The molecule has 106 valence electrons. The molecule has 1 unspecified atom stereocenters. The van der Waals surface area contributed by atoms with E-state index in [1.165, 1.54) is 56.4 Å². The number of nitrogens with one attached hydrogen (secondary N) is 1. The number of benzene rings is 1. The third kappa shape index (κ3) is 3.73. The molecule has 1 N–H and O–H groups in total. The Hall–Kier alpha value is -1.02. The smallest absolute Gasteiger partial charge is 0.0414 e. The minimum atomic E-state index is 0.549. The van der Waals surface area contributed by atoms with Crippen LogP contribution < -0.4 is 10.2 Å². The van der Waals surface area contributed by atoms with Gasteiger partial charge in [0, 0.05) is 24.8 Å². The van der Waals surface area contributed by atoms with Crippen molar-refractivity contribution in [2.24, 2.45) is 0 Å². The molecule has 0 radical (unpaired) electrons. The van der Waals surface area contributed by atoms with E-state index < -0.39 is 0 Å². The topological polar surface area (TPSA) is 15.3 Å². The van der Waals surface area contributed by atoms with E-state index in [1.54, 1.807) is 0 Å². The average Bonchev–Trinajstić information content (AvgIpc) is 2.46. The van der Waals surface area contributed by atoms with Crippen molar-refractivity contribution in [1.82, 2.24) is 5.32 Å². The molecule has 2 nitrogen and oxygen atoms in total. The van der Waals surface area contributed by atoms with Gasteiger partial charge in [-0.15, -0.1) is 0 Å². The standard InChI is InChI=1S/C17H28N2/c1-3-5-6-9-13-19-14-12-16(18-4-2)15-10-7-8-11-17(15)19/h7-8,10-11,16,18H,3-6,9,12-14H2,1-2H3. The first-order valence-electron chi connectivity index (χ1n) is 7.94. The van der Waals surface area contributed by atoms with Gasteiger partial charge in [0.1, 0.15) is 0 Å². The third-order valence-corrected chi connectivity index (χ3v) is 4.07. The molecule has 0 aromatic heterocycles. The van der Waals surface area contributed by atoms with E-state index in [9.17, 15) is 0 Å². The normalized spacial score (nSPS) is 18.4. The maximum absolute atomic E-state index is 3.61. The molecule has 0 fully saturated rings. The zero-order valence-corrected chi connectivity index (χ0v) is 12.5. The van der Waals surface area contributed by atoms with Gasteiger partial charge < -0.3 is 10.2 Å². The Kier molecular flexibility index (Phi) is 5.71. The molecule has 2 heteroatoms. The minimum absolute atomic E-state index is 0.549. The van der Waals surface area contributed by atoms with Crippen LogP contribution in [-0.4, -0.2) is 19.6 Å². The van der Waals surface area contributed by atoms with Gasteiger partial charge in [-0.2, -0.15) is 0 Å². The van der Waals surface area contributed by atoms with E-state index in [0.717, 1.165) is 6.54 Å². The number of para-hydroxylation sites is 1. The Balaban J connectivity index is 2.01. The lowest BCUT2D eigenvalue weighted by Crippen LogP contribution is -2.36. The first kappa shape index (κ1) is 14.4. The van der Waals surface area contributed by atoms with Crippen molar-refractivity contribution in [3.05, 3.63) is 29.8 Å². The molecule has 1 atom stereocenters. The molecule has 1 heterocycles. The van der Waals surface area contributed by atoms with Crippen LogP contribution in [0.3, 0.4) is 0 Å². The summed E-state index contributed by atoms with van der Waals surface area (Å²) in [6.45, 7) is 7.93. The van der Waals surface area contributed by atoms with Crippen molar-refractivity contribution in [2.45, 2.75) is 52.0 Å². The lowest BCUT2D eigenvalue weighted by Gasteiger charge is -2.36. The third-order valence-electron chi connectivity index (χ3n) is 4.07. The van der Waals surface area contributed by atoms with Gasteiger partial charge in [0.05, 0.1) is 0 Å². The van der Waals surface area contributed by atoms with Gasteiger partial charge >= 0.3 is 0 Å². The second-order valence-electron chi connectivity index (χ2n) is 5.51. The van der Waals surface area contributed by atoms with Gasteiger partial charge in [0.15, 0.2) is 0 Å². The SMILES string of the molecule is CCCCCCN1CCC(NCC)c2ccccc21. The number of hydrogen-bond acceptors (Lipinski definition) is 2. The van der Waals surface area contributed by atoms with Crippen LogP contribution in [-0.2, 0) is 0 Å². The van der Waals surface area contributed by atoms with E-state index in [-0.39, 0.29) is 0 Å². The van der Waals surface area contributed by atoms with E-state index in [4.69, 9.17) is 0 Å². The van der Waals surface area contributed by atoms with E-state index in [1.807, 2.05) is 0 Å². The Morgan fingerprint density at radius 2 is 2.00 bits per heavy atom. The maximum Gasteiger partial charge on any atom is 0.0414 e. The monoisotopic (exact) mass is 260 g/mol. The van der Waals surface area contributed by atoms with Crippen LogP contribution in [0.15, 0.2) is 24.3 Å². The summed E-state index contributed by atoms with van der Waals surface area (Å²) in [6, 6.07) is 9.48. The fourth-order valence-corrected chi connectivity index (χ4v) is 3.05. The second kappa shape index (κ2) is 7.54. The maximum atomic E-state index is 3.61. The molecule has 1 aliphatic rings. The van der Waals surface area contributed by atoms with Crippen LogP contribution in [0.2, 0.25) is 0 Å². The highest BCUT2D eigenvalue weighted by Crippen LogP contribution is 2.33. The van der Waals surface area contributed by atoms with Gasteiger partial charge in [0.2, 0.25) is 0 Å². The number of unbranched alkanes of at least 4 members (excludes halogenated alkanes) is 3. The highest BCUT2D eigenvalue weighted by Gasteiger charge is 2.23. The van der Waals surface area contributed by atoms with E-state index in [0.29, 0.717) is 6.04 Å². The zero-order valence-electron chi connectivity index (χ0n) is 12.5. The quantitative estimate of drug-likeness (QED) is 0.742. The summed E-state index contributed by atoms with van der Waals surface area (Å²) in [4.78, 5) is 2.58. The van der Waals surface area contributed by atoms with Gasteiger partial charge in [-0.25, -0.2) is 0 Å². The van der Waals surface area contributed by atoms with Crippen LogP contribution >= 0.6 is 0 Å². The molecule has 2 rings (SSSR count). The fraction of sp³-hybridized carbons (Fsp3) is 0.647. The second-order valence-corrected chi connectivity index (χ2v) is 5.51.